The number of hydrogen-bond acceptors (Lipinski definition) is 2. The van der Waals surface area contributed by atoms with Crippen molar-refractivity contribution in [2.75, 3.05) is 11.4 Å². The van der Waals surface area contributed by atoms with Gasteiger partial charge in [-0.05, 0) is 56.7 Å². The Balaban J connectivity index is 1.75. The maximum Gasteiger partial charge on any atom is 0.280 e. The smallest absolute Gasteiger partial charge is 0.280 e. The fourth-order valence-corrected chi connectivity index (χ4v) is 3.54. The predicted molar refractivity (Wildman–Crippen MR) is 100 cm³/mol. The molecule has 2 aliphatic rings. The van der Waals surface area contributed by atoms with Crippen molar-refractivity contribution >= 4 is 17.7 Å². The predicted octanol–water partition coefficient (Wildman–Crippen LogP) is 4.49. The molecule has 1 atom stereocenters. The normalized spacial score (nSPS) is 22.8. The molecule has 1 spiro atoms. The highest BCUT2D eigenvalue weighted by Crippen LogP contribution is 2.48. The van der Waals surface area contributed by atoms with Crippen molar-refractivity contribution in [2.45, 2.75) is 26.4 Å². The molecule has 3 heteroatoms. The monoisotopic (exact) mass is 331 g/mol. The lowest BCUT2D eigenvalue weighted by Crippen LogP contribution is -2.39. The molecule has 1 unspecified atom stereocenters. The van der Waals surface area contributed by atoms with Crippen LogP contribution in [0.5, 0.6) is 0 Å². The largest absolute Gasteiger partial charge is 0.468 e. The van der Waals surface area contributed by atoms with Gasteiger partial charge in [-0.3, -0.25) is 4.79 Å². The summed E-state index contributed by atoms with van der Waals surface area (Å²) < 4.78 is 6.23. The van der Waals surface area contributed by atoms with Crippen LogP contribution in [0.3, 0.4) is 0 Å². The molecular formula is C22H21NO2. The number of hydrogen-bond donors (Lipinski definition) is 0. The second kappa shape index (κ2) is 5.62. The number of aryl methyl sites for hydroxylation is 2. The lowest BCUT2D eigenvalue weighted by molar-refractivity contribution is -0.131. The van der Waals surface area contributed by atoms with Crippen LogP contribution in [0.15, 0.2) is 60.4 Å². The van der Waals surface area contributed by atoms with Crippen LogP contribution in [-0.2, 0) is 15.1 Å². The molecular weight excluding hydrogens is 310 g/mol. The van der Waals surface area contributed by atoms with Gasteiger partial charge in [-0.25, -0.2) is 0 Å². The molecule has 0 radical (unpaired) electrons. The van der Waals surface area contributed by atoms with E-state index in [4.69, 9.17) is 4.74 Å². The van der Waals surface area contributed by atoms with E-state index < -0.39 is 5.60 Å². The zero-order chi connectivity index (χ0) is 17.6. The first-order valence-electron chi connectivity index (χ1n) is 8.63. The Labute approximate surface area is 148 Å². The van der Waals surface area contributed by atoms with Crippen LogP contribution < -0.4 is 4.90 Å². The molecule has 0 aliphatic carbocycles. The fraction of sp³-hybridized carbons (Fsp3) is 0.227. The average Bonchev–Trinajstić information content (AvgIpc) is 3.12. The molecule has 0 N–H and O–H groups in total. The first kappa shape index (κ1) is 15.7. The molecule has 0 saturated heterocycles. The van der Waals surface area contributed by atoms with Gasteiger partial charge in [0.2, 0.25) is 5.60 Å². The van der Waals surface area contributed by atoms with Crippen LogP contribution >= 0.6 is 0 Å². The maximum atomic E-state index is 13.1. The number of allylic oxidation sites excluding steroid dienone is 1. The van der Waals surface area contributed by atoms with Crippen molar-refractivity contribution in [3.63, 3.8) is 0 Å². The van der Waals surface area contributed by atoms with E-state index in [1.165, 1.54) is 5.56 Å². The molecule has 1 amide bonds. The Morgan fingerprint density at radius 2 is 1.80 bits per heavy atom. The molecule has 0 bridgehead atoms. The molecule has 2 aromatic rings. The van der Waals surface area contributed by atoms with Crippen LogP contribution in [0, 0.1) is 13.8 Å². The third-order valence-electron chi connectivity index (χ3n) is 4.87. The summed E-state index contributed by atoms with van der Waals surface area (Å²) in [6, 6.07) is 14.4. The van der Waals surface area contributed by atoms with E-state index in [-0.39, 0.29) is 5.91 Å². The standard InChI is InChI=1S/C22H21NO2/c1-4-23-20-10-7-16(3)13-19(20)22(21(23)24)12-11-18(25-22)14-17-8-5-15(2)6-9-17/h5-14H,4H2,1-3H3/b18-14-. The number of ether oxygens (including phenoxy) is 1. The van der Waals surface area contributed by atoms with Gasteiger partial charge < -0.3 is 9.64 Å². The van der Waals surface area contributed by atoms with Crippen molar-refractivity contribution in [1.82, 2.24) is 0 Å². The first-order valence-corrected chi connectivity index (χ1v) is 8.63. The molecule has 4 rings (SSSR count). The van der Waals surface area contributed by atoms with Gasteiger partial charge in [0.25, 0.3) is 5.91 Å². The van der Waals surface area contributed by atoms with Crippen molar-refractivity contribution < 1.29 is 9.53 Å². The van der Waals surface area contributed by atoms with Crippen LogP contribution in [0.25, 0.3) is 6.08 Å². The van der Waals surface area contributed by atoms with Crippen molar-refractivity contribution in [3.8, 4) is 0 Å². The quantitative estimate of drug-likeness (QED) is 0.811. The summed E-state index contributed by atoms with van der Waals surface area (Å²) in [6.07, 6.45) is 5.77. The minimum Gasteiger partial charge on any atom is -0.468 e. The highest BCUT2D eigenvalue weighted by Gasteiger charge is 2.53. The third-order valence-corrected chi connectivity index (χ3v) is 4.87. The highest BCUT2D eigenvalue weighted by atomic mass is 16.5. The number of benzene rings is 2. The van der Waals surface area contributed by atoms with E-state index in [0.717, 1.165) is 22.4 Å². The van der Waals surface area contributed by atoms with Crippen molar-refractivity contribution in [2.24, 2.45) is 0 Å². The third kappa shape index (κ3) is 2.39. The summed E-state index contributed by atoms with van der Waals surface area (Å²) in [5.74, 6) is 0.696. The molecule has 25 heavy (non-hydrogen) atoms. The fourth-order valence-electron chi connectivity index (χ4n) is 3.54. The van der Waals surface area contributed by atoms with Crippen LogP contribution in [0.4, 0.5) is 5.69 Å². The van der Waals surface area contributed by atoms with E-state index in [1.807, 2.05) is 44.2 Å². The number of likely N-dealkylation sites (N-methyl/N-ethyl adjacent to an activating group) is 1. The lowest BCUT2D eigenvalue weighted by Gasteiger charge is -2.22. The molecule has 0 aromatic heterocycles. The van der Waals surface area contributed by atoms with Crippen LogP contribution in [-0.4, -0.2) is 12.5 Å². The van der Waals surface area contributed by atoms with E-state index >= 15 is 0 Å². The number of amides is 1. The van der Waals surface area contributed by atoms with E-state index in [2.05, 4.69) is 37.3 Å². The minimum absolute atomic E-state index is 0.0147. The van der Waals surface area contributed by atoms with Gasteiger partial charge in [-0.2, -0.15) is 0 Å². The lowest BCUT2D eigenvalue weighted by atomic mass is 9.94. The Morgan fingerprint density at radius 3 is 2.52 bits per heavy atom. The van der Waals surface area contributed by atoms with Gasteiger partial charge >= 0.3 is 0 Å². The number of anilines is 1. The molecule has 2 aromatic carbocycles. The average molecular weight is 331 g/mol. The van der Waals surface area contributed by atoms with E-state index in [1.54, 1.807) is 4.90 Å². The Kier molecular flexibility index (Phi) is 3.53. The maximum absolute atomic E-state index is 13.1. The zero-order valence-electron chi connectivity index (χ0n) is 14.7. The minimum atomic E-state index is -1.02. The van der Waals surface area contributed by atoms with Crippen molar-refractivity contribution in [1.29, 1.82) is 0 Å². The Morgan fingerprint density at radius 1 is 1.08 bits per heavy atom. The summed E-state index contributed by atoms with van der Waals surface area (Å²) in [6.45, 7) is 6.72. The summed E-state index contributed by atoms with van der Waals surface area (Å²) >= 11 is 0. The number of carbonyl (C=O) groups excluding carboxylic acids is 1. The van der Waals surface area contributed by atoms with Crippen molar-refractivity contribution in [3.05, 3.63) is 82.6 Å². The molecule has 2 aliphatic heterocycles. The number of carbonyl (C=O) groups is 1. The van der Waals surface area contributed by atoms with Gasteiger partial charge in [-0.15, -0.1) is 0 Å². The van der Waals surface area contributed by atoms with E-state index in [0.29, 0.717) is 12.3 Å². The molecule has 2 heterocycles. The molecule has 0 fully saturated rings. The molecule has 126 valence electrons. The number of nitrogens with zero attached hydrogens (tertiary/aromatic N) is 1. The second-order valence-electron chi connectivity index (χ2n) is 6.70. The Hall–Kier alpha value is -2.81. The van der Waals surface area contributed by atoms with Crippen LogP contribution in [0.1, 0.15) is 29.2 Å². The van der Waals surface area contributed by atoms with Crippen LogP contribution in [0.2, 0.25) is 0 Å². The van der Waals surface area contributed by atoms with Gasteiger partial charge in [-0.1, -0.05) is 41.5 Å². The first-order chi connectivity index (χ1) is 12.0. The van der Waals surface area contributed by atoms with E-state index in [9.17, 15) is 4.79 Å². The highest BCUT2D eigenvalue weighted by molar-refractivity contribution is 6.09. The summed E-state index contributed by atoms with van der Waals surface area (Å²) in [5.41, 5.74) is 4.26. The van der Waals surface area contributed by atoms with Gasteiger partial charge in [0.15, 0.2) is 0 Å². The summed E-state index contributed by atoms with van der Waals surface area (Å²) in [7, 11) is 0. The molecule has 0 saturated carbocycles. The Bertz CT molecular complexity index is 908. The summed E-state index contributed by atoms with van der Waals surface area (Å²) in [5, 5.41) is 0. The topological polar surface area (TPSA) is 29.5 Å². The number of fused-ring (bicyclic) bond motifs is 2. The van der Waals surface area contributed by atoms with Gasteiger partial charge in [0, 0.05) is 12.1 Å². The molecule has 3 nitrogen and oxygen atoms in total. The zero-order valence-corrected chi connectivity index (χ0v) is 14.7. The number of rotatable bonds is 2. The summed E-state index contributed by atoms with van der Waals surface area (Å²) in [4.78, 5) is 14.9. The van der Waals surface area contributed by atoms with Gasteiger partial charge in [0.1, 0.15) is 5.76 Å². The second-order valence-corrected chi connectivity index (χ2v) is 6.70. The van der Waals surface area contributed by atoms with Gasteiger partial charge in [0.05, 0.1) is 5.69 Å². The SMILES string of the molecule is CCN1C(=O)C2(C=C/C(=C/c3ccc(C)cc3)O2)c2cc(C)ccc21.